The Balaban J connectivity index is 2.05. The molecular formula is C8H9N2O. The lowest BCUT2D eigenvalue weighted by Crippen LogP contribution is -2.46. The molecular weight excluding hydrogens is 140 g/mol. The number of likely N-dealkylation sites (tertiary alicyclic amines) is 1. The lowest BCUT2D eigenvalue weighted by Gasteiger charge is -2.32. The highest BCUT2D eigenvalue weighted by Gasteiger charge is 2.53. The van der Waals surface area contributed by atoms with Crippen LogP contribution in [0.4, 0.5) is 0 Å². The first-order valence-corrected chi connectivity index (χ1v) is 3.81. The fourth-order valence-corrected chi connectivity index (χ4v) is 1.23. The molecule has 11 heavy (non-hydrogen) atoms. The number of amides is 1. The predicted molar refractivity (Wildman–Crippen MR) is 38.2 cm³/mol. The van der Waals surface area contributed by atoms with Crippen LogP contribution in [0, 0.1) is 23.2 Å². The van der Waals surface area contributed by atoms with E-state index in [1.807, 2.05) is 6.42 Å². The van der Waals surface area contributed by atoms with Crippen LogP contribution in [0.1, 0.15) is 12.8 Å². The normalized spacial score (nSPS) is 25.2. The smallest absolute Gasteiger partial charge is 0.243 e. The van der Waals surface area contributed by atoms with E-state index in [0.717, 1.165) is 25.9 Å². The molecule has 1 saturated heterocycles. The maximum atomic E-state index is 11.4. The Bertz CT molecular complexity index is 233. The number of nitrogens with zero attached hydrogens (tertiary/aromatic N) is 2. The number of hydrogen-bond acceptors (Lipinski definition) is 2. The van der Waals surface area contributed by atoms with E-state index >= 15 is 0 Å². The Kier molecular flexibility index (Phi) is 1.19. The Morgan fingerprint density at radius 1 is 1.55 bits per heavy atom. The monoisotopic (exact) mass is 149 g/mol. The van der Waals surface area contributed by atoms with Crippen molar-refractivity contribution in [3.05, 3.63) is 6.42 Å². The Labute approximate surface area is 65.6 Å². The van der Waals surface area contributed by atoms with Gasteiger partial charge in [0.15, 0.2) is 0 Å². The average Bonchev–Trinajstić information content (AvgIpc) is 2.63. The highest BCUT2D eigenvalue weighted by Crippen LogP contribution is 2.46. The summed E-state index contributed by atoms with van der Waals surface area (Å²) in [6.07, 6.45) is 3.56. The summed E-state index contributed by atoms with van der Waals surface area (Å²) in [5, 5.41) is 8.69. The molecule has 0 unspecified atom stereocenters. The molecule has 3 heteroatoms. The molecule has 1 radical (unpaired) electrons. The maximum absolute atomic E-state index is 11.4. The van der Waals surface area contributed by atoms with E-state index in [2.05, 4.69) is 6.07 Å². The molecule has 2 rings (SSSR count). The van der Waals surface area contributed by atoms with Crippen molar-refractivity contribution in [1.82, 2.24) is 4.90 Å². The molecule has 0 N–H and O–H groups in total. The molecule has 1 saturated carbocycles. The Morgan fingerprint density at radius 2 is 2.18 bits per heavy atom. The molecule has 0 bridgehead atoms. The van der Waals surface area contributed by atoms with Gasteiger partial charge in [-0.15, -0.1) is 0 Å². The van der Waals surface area contributed by atoms with Crippen LogP contribution in [-0.2, 0) is 4.79 Å². The van der Waals surface area contributed by atoms with E-state index in [0.29, 0.717) is 0 Å². The number of hydrogen-bond donors (Lipinski definition) is 0. The third-order valence-corrected chi connectivity index (χ3v) is 2.36. The summed E-state index contributed by atoms with van der Waals surface area (Å²) in [7, 11) is 0. The molecule has 0 aromatic rings. The van der Waals surface area contributed by atoms with E-state index in [1.165, 1.54) is 0 Å². The van der Waals surface area contributed by atoms with Crippen molar-refractivity contribution in [2.45, 2.75) is 12.8 Å². The van der Waals surface area contributed by atoms with Crippen LogP contribution in [0.2, 0.25) is 0 Å². The molecule has 3 nitrogen and oxygen atoms in total. The van der Waals surface area contributed by atoms with Crippen LogP contribution in [-0.4, -0.2) is 23.9 Å². The van der Waals surface area contributed by atoms with E-state index in [9.17, 15) is 4.79 Å². The summed E-state index contributed by atoms with van der Waals surface area (Å²) < 4.78 is 0. The zero-order valence-electron chi connectivity index (χ0n) is 6.21. The summed E-state index contributed by atoms with van der Waals surface area (Å²) in [5.41, 5.74) is -0.603. The van der Waals surface area contributed by atoms with Gasteiger partial charge >= 0.3 is 0 Å². The van der Waals surface area contributed by atoms with Crippen molar-refractivity contribution >= 4 is 5.91 Å². The van der Waals surface area contributed by atoms with Gasteiger partial charge in [-0.05, 0) is 12.8 Å². The molecule has 1 heterocycles. The minimum Gasteiger partial charge on any atom is -0.341 e. The highest BCUT2D eigenvalue weighted by atomic mass is 16.2. The molecule has 0 spiro atoms. The van der Waals surface area contributed by atoms with Crippen molar-refractivity contribution in [3.63, 3.8) is 0 Å². The first-order valence-electron chi connectivity index (χ1n) is 3.81. The molecule has 1 aliphatic heterocycles. The van der Waals surface area contributed by atoms with Gasteiger partial charge < -0.3 is 4.90 Å². The topological polar surface area (TPSA) is 44.1 Å². The van der Waals surface area contributed by atoms with Gasteiger partial charge in [0.05, 0.1) is 6.07 Å². The first-order chi connectivity index (χ1) is 5.28. The highest BCUT2D eigenvalue weighted by molar-refractivity contribution is 5.89. The van der Waals surface area contributed by atoms with Crippen molar-refractivity contribution in [3.8, 4) is 6.07 Å². The van der Waals surface area contributed by atoms with Crippen molar-refractivity contribution < 1.29 is 4.79 Å². The summed E-state index contributed by atoms with van der Waals surface area (Å²) in [4.78, 5) is 13.2. The van der Waals surface area contributed by atoms with Crippen LogP contribution in [0.25, 0.3) is 0 Å². The zero-order valence-corrected chi connectivity index (χ0v) is 6.21. The number of carbonyl (C=O) groups excluding carboxylic acids is 1. The molecule has 2 aliphatic rings. The molecule has 1 aliphatic carbocycles. The molecule has 0 atom stereocenters. The lowest BCUT2D eigenvalue weighted by atomic mass is 10.1. The second-order valence-corrected chi connectivity index (χ2v) is 3.19. The molecule has 0 aromatic heterocycles. The van der Waals surface area contributed by atoms with Gasteiger partial charge in [-0.1, -0.05) is 0 Å². The first kappa shape index (κ1) is 6.66. The molecule has 1 amide bonds. The van der Waals surface area contributed by atoms with E-state index in [-0.39, 0.29) is 5.91 Å². The number of rotatable bonds is 1. The van der Waals surface area contributed by atoms with Crippen molar-refractivity contribution in [2.75, 3.05) is 13.1 Å². The summed E-state index contributed by atoms with van der Waals surface area (Å²) in [6, 6.07) is 2.10. The minimum absolute atomic E-state index is 0.0440. The van der Waals surface area contributed by atoms with Crippen LogP contribution in [0.15, 0.2) is 0 Å². The van der Waals surface area contributed by atoms with Crippen LogP contribution in [0.5, 0.6) is 0 Å². The SMILES string of the molecule is N#CC1(C(=O)N2C[CH]C2)CC1. The van der Waals surface area contributed by atoms with Crippen LogP contribution in [0.3, 0.4) is 0 Å². The van der Waals surface area contributed by atoms with E-state index in [1.54, 1.807) is 4.90 Å². The molecule has 0 aromatic carbocycles. The van der Waals surface area contributed by atoms with Crippen molar-refractivity contribution in [2.24, 2.45) is 5.41 Å². The molecule has 2 fully saturated rings. The molecule has 57 valence electrons. The summed E-state index contributed by atoms with van der Waals surface area (Å²) in [5.74, 6) is 0.0440. The zero-order chi connectivity index (χ0) is 7.90. The standard InChI is InChI=1S/C8H9N2O/c9-6-8(2-3-8)7(11)10-4-1-5-10/h1H,2-5H2. The average molecular weight is 149 g/mol. The predicted octanol–water partition coefficient (Wildman–Crippen LogP) is 0.337. The number of carbonyl (C=O) groups is 1. The van der Waals surface area contributed by atoms with E-state index < -0.39 is 5.41 Å². The Hall–Kier alpha value is -1.04. The van der Waals surface area contributed by atoms with Gasteiger partial charge in [-0.3, -0.25) is 4.79 Å². The van der Waals surface area contributed by atoms with Gasteiger partial charge in [0.2, 0.25) is 5.91 Å². The summed E-state index contributed by atoms with van der Waals surface area (Å²) >= 11 is 0. The quantitative estimate of drug-likeness (QED) is 0.539. The fraction of sp³-hybridized carbons (Fsp3) is 0.625. The van der Waals surface area contributed by atoms with Gasteiger partial charge in [0.25, 0.3) is 0 Å². The van der Waals surface area contributed by atoms with Crippen LogP contribution >= 0.6 is 0 Å². The summed E-state index contributed by atoms with van der Waals surface area (Å²) in [6.45, 7) is 1.48. The third-order valence-electron chi connectivity index (χ3n) is 2.36. The fourth-order valence-electron chi connectivity index (χ4n) is 1.23. The van der Waals surface area contributed by atoms with Gasteiger partial charge in [0.1, 0.15) is 5.41 Å². The van der Waals surface area contributed by atoms with Crippen molar-refractivity contribution in [1.29, 1.82) is 5.26 Å². The second-order valence-electron chi connectivity index (χ2n) is 3.19. The largest absolute Gasteiger partial charge is 0.341 e. The minimum atomic E-state index is -0.603. The maximum Gasteiger partial charge on any atom is 0.243 e. The van der Waals surface area contributed by atoms with Gasteiger partial charge in [-0.2, -0.15) is 5.26 Å². The third kappa shape index (κ3) is 0.823. The second kappa shape index (κ2) is 1.97. The van der Waals surface area contributed by atoms with Gasteiger partial charge in [-0.25, -0.2) is 0 Å². The van der Waals surface area contributed by atoms with Gasteiger partial charge in [0, 0.05) is 19.5 Å². The Morgan fingerprint density at radius 3 is 2.45 bits per heavy atom. The lowest BCUT2D eigenvalue weighted by molar-refractivity contribution is -0.136. The number of nitriles is 1. The van der Waals surface area contributed by atoms with Crippen LogP contribution < -0.4 is 0 Å². The van der Waals surface area contributed by atoms with E-state index in [4.69, 9.17) is 5.26 Å².